The third-order valence-electron chi connectivity index (χ3n) is 5.14. The minimum Gasteiger partial charge on any atom is -0.474 e. The molecule has 3 rings (SSSR count). The Morgan fingerprint density at radius 2 is 1.72 bits per heavy atom. The maximum atomic E-state index is 6.09. The molecule has 5 nitrogen and oxygen atoms in total. The molecule has 1 atom stereocenters. The van der Waals surface area contributed by atoms with E-state index in [2.05, 4.69) is 63.6 Å². The number of pyridine rings is 2. The zero-order chi connectivity index (χ0) is 21.3. The van der Waals surface area contributed by atoms with Gasteiger partial charge in [0.1, 0.15) is 0 Å². The van der Waals surface area contributed by atoms with Gasteiger partial charge in [-0.1, -0.05) is 13.8 Å². The lowest BCUT2D eigenvalue weighted by molar-refractivity contribution is 0.164. The first-order valence-corrected chi connectivity index (χ1v) is 10.4. The summed E-state index contributed by atoms with van der Waals surface area (Å²) in [5.41, 5.74) is 7.30. The molecule has 0 aliphatic rings. The van der Waals surface area contributed by atoms with Gasteiger partial charge in [0.25, 0.3) is 0 Å². The van der Waals surface area contributed by atoms with E-state index in [0.29, 0.717) is 18.4 Å². The van der Waals surface area contributed by atoms with Gasteiger partial charge in [-0.3, -0.25) is 0 Å². The molecule has 3 heterocycles. The highest BCUT2D eigenvalue weighted by Gasteiger charge is 2.19. The van der Waals surface area contributed by atoms with E-state index in [-0.39, 0.29) is 12.1 Å². The first-order valence-electron chi connectivity index (χ1n) is 10.4. The van der Waals surface area contributed by atoms with E-state index in [0.717, 1.165) is 39.1 Å². The molecule has 0 bridgehead atoms. The Morgan fingerprint density at radius 3 is 2.34 bits per heavy atom. The van der Waals surface area contributed by atoms with Crippen LogP contribution in [0.5, 0.6) is 5.88 Å². The predicted molar refractivity (Wildman–Crippen MR) is 119 cm³/mol. The molecule has 0 aromatic carbocycles. The second kappa shape index (κ2) is 8.54. The normalized spacial score (nSPS) is 12.9. The fraction of sp³-hybridized carbons (Fsp3) is 0.500. The van der Waals surface area contributed by atoms with Crippen LogP contribution in [0.4, 0.5) is 0 Å². The van der Waals surface area contributed by atoms with Crippen molar-refractivity contribution >= 4 is 11.0 Å². The van der Waals surface area contributed by atoms with Gasteiger partial charge >= 0.3 is 0 Å². The summed E-state index contributed by atoms with van der Waals surface area (Å²) in [4.78, 5) is 9.87. The van der Waals surface area contributed by atoms with Gasteiger partial charge in [0.05, 0.1) is 41.0 Å². The Balaban J connectivity index is 2.17. The Kier molecular flexibility index (Phi) is 6.27. The molecule has 0 aliphatic heterocycles. The highest BCUT2D eigenvalue weighted by molar-refractivity contribution is 5.85. The van der Waals surface area contributed by atoms with Crippen LogP contribution in [0.1, 0.15) is 63.4 Å². The molecule has 156 valence electrons. The number of ether oxygens (including phenoxy) is 2. The minimum absolute atomic E-state index is 0.0467. The van der Waals surface area contributed by atoms with Crippen molar-refractivity contribution in [2.45, 2.75) is 66.5 Å². The summed E-state index contributed by atoms with van der Waals surface area (Å²) >= 11 is 0. The van der Waals surface area contributed by atoms with Crippen LogP contribution in [0.25, 0.3) is 22.3 Å². The van der Waals surface area contributed by atoms with Crippen LogP contribution in [0.2, 0.25) is 0 Å². The number of hydrogen-bond acceptors (Lipinski definition) is 4. The van der Waals surface area contributed by atoms with Crippen molar-refractivity contribution in [1.29, 1.82) is 0 Å². The lowest BCUT2D eigenvalue weighted by Gasteiger charge is -2.17. The van der Waals surface area contributed by atoms with Crippen LogP contribution in [0.3, 0.4) is 0 Å². The van der Waals surface area contributed by atoms with Gasteiger partial charge < -0.3 is 14.0 Å². The largest absolute Gasteiger partial charge is 0.474 e. The van der Waals surface area contributed by atoms with Crippen molar-refractivity contribution in [3.8, 4) is 17.1 Å². The second-order valence-electron chi connectivity index (χ2n) is 8.46. The molecule has 0 aliphatic carbocycles. The van der Waals surface area contributed by atoms with Gasteiger partial charge in [-0.25, -0.2) is 9.97 Å². The third kappa shape index (κ3) is 4.30. The van der Waals surface area contributed by atoms with Crippen LogP contribution >= 0.6 is 0 Å². The molecule has 0 radical (unpaired) electrons. The van der Waals surface area contributed by atoms with Crippen LogP contribution in [0.15, 0.2) is 24.4 Å². The maximum absolute atomic E-state index is 6.09. The number of aromatic nitrogens is 3. The Hall–Kier alpha value is -2.40. The standard InChI is InChI=1S/C24H33N3O2/c1-14(2)20-10-9-19(24(25-20)29-15(3)4)22-16(5)11-21-23(26-22)17(6)12-27(21)18(7)13-28-8/h9-12,14-15,18H,13H2,1-8H3. The minimum atomic E-state index is 0.0467. The number of fused-ring (bicyclic) bond motifs is 1. The zero-order valence-corrected chi connectivity index (χ0v) is 18.9. The highest BCUT2D eigenvalue weighted by atomic mass is 16.5. The summed E-state index contributed by atoms with van der Waals surface area (Å²) in [6, 6.07) is 6.64. The molecule has 29 heavy (non-hydrogen) atoms. The quantitative estimate of drug-likeness (QED) is 0.505. The van der Waals surface area contributed by atoms with Gasteiger partial charge in [-0.2, -0.15) is 0 Å². The smallest absolute Gasteiger partial charge is 0.223 e. The van der Waals surface area contributed by atoms with Crippen LogP contribution in [0, 0.1) is 13.8 Å². The van der Waals surface area contributed by atoms with Gasteiger partial charge in [0.2, 0.25) is 5.88 Å². The van der Waals surface area contributed by atoms with E-state index in [9.17, 15) is 0 Å². The third-order valence-corrected chi connectivity index (χ3v) is 5.14. The number of aryl methyl sites for hydroxylation is 2. The maximum Gasteiger partial charge on any atom is 0.223 e. The van der Waals surface area contributed by atoms with Crippen molar-refractivity contribution < 1.29 is 9.47 Å². The van der Waals surface area contributed by atoms with Gasteiger partial charge in [0, 0.05) is 19.0 Å². The second-order valence-corrected chi connectivity index (χ2v) is 8.46. The van der Waals surface area contributed by atoms with Crippen molar-refractivity contribution in [3.63, 3.8) is 0 Å². The van der Waals surface area contributed by atoms with Crippen molar-refractivity contribution in [3.05, 3.63) is 41.2 Å². The molecule has 0 spiro atoms. The molecule has 3 aromatic heterocycles. The van der Waals surface area contributed by atoms with E-state index < -0.39 is 0 Å². The topological polar surface area (TPSA) is 49.2 Å². The summed E-state index contributed by atoms with van der Waals surface area (Å²) in [6.45, 7) is 15.4. The van der Waals surface area contributed by atoms with Crippen LogP contribution < -0.4 is 4.74 Å². The van der Waals surface area contributed by atoms with Crippen LogP contribution in [-0.2, 0) is 4.74 Å². The molecule has 5 heteroatoms. The molecular weight excluding hydrogens is 362 g/mol. The summed E-state index contributed by atoms with van der Waals surface area (Å²) in [5.74, 6) is 1.000. The first-order chi connectivity index (χ1) is 13.7. The van der Waals surface area contributed by atoms with Crippen molar-refractivity contribution in [1.82, 2.24) is 14.5 Å². The molecular formula is C24H33N3O2. The fourth-order valence-corrected chi connectivity index (χ4v) is 3.65. The molecule has 3 aromatic rings. The Bertz CT molecular complexity index is 1010. The number of rotatable bonds is 7. The van der Waals surface area contributed by atoms with Crippen LogP contribution in [-0.4, -0.2) is 34.4 Å². The highest BCUT2D eigenvalue weighted by Crippen LogP contribution is 2.35. The summed E-state index contributed by atoms with van der Waals surface area (Å²) < 4.78 is 13.7. The van der Waals surface area contributed by atoms with E-state index in [1.54, 1.807) is 7.11 Å². The van der Waals surface area contributed by atoms with E-state index in [4.69, 9.17) is 19.4 Å². The summed E-state index contributed by atoms with van der Waals surface area (Å²) in [5, 5.41) is 0. The SMILES string of the molecule is COCC(C)n1cc(C)c2nc(-c3ccc(C(C)C)nc3OC(C)C)c(C)cc21. The van der Waals surface area contributed by atoms with Gasteiger partial charge in [0.15, 0.2) is 0 Å². The van der Waals surface area contributed by atoms with Gasteiger partial charge in [-0.05, 0) is 69.9 Å². The molecule has 0 fully saturated rings. The summed E-state index contributed by atoms with van der Waals surface area (Å²) in [7, 11) is 1.74. The van der Waals surface area contributed by atoms with E-state index >= 15 is 0 Å². The fourth-order valence-electron chi connectivity index (χ4n) is 3.65. The molecule has 0 saturated carbocycles. The average molecular weight is 396 g/mol. The first kappa shape index (κ1) is 21.3. The summed E-state index contributed by atoms with van der Waals surface area (Å²) in [6.07, 6.45) is 2.21. The lowest BCUT2D eigenvalue weighted by atomic mass is 10.0. The Morgan fingerprint density at radius 1 is 1.00 bits per heavy atom. The Labute approximate surface area is 174 Å². The number of methoxy groups -OCH3 is 1. The van der Waals surface area contributed by atoms with Crippen molar-refractivity contribution in [2.75, 3.05) is 13.7 Å². The molecule has 0 N–H and O–H groups in total. The van der Waals surface area contributed by atoms with Crippen molar-refractivity contribution in [2.24, 2.45) is 0 Å². The lowest BCUT2D eigenvalue weighted by Crippen LogP contribution is -2.11. The monoisotopic (exact) mass is 395 g/mol. The predicted octanol–water partition coefficient (Wildman–Crippen LogP) is 5.83. The van der Waals surface area contributed by atoms with E-state index in [1.807, 2.05) is 13.8 Å². The van der Waals surface area contributed by atoms with Gasteiger partial charge in [-0.15, -0.1) is 0 Å². The molecule has 0 saturated heterocycles. The average Bonchev–Trinajstić information content (AvgIpc) is 2.96. The molecule has 0 amide bonds. The van der Waals surface area contributed by atoms with E-state index in [1.165, 1.54) is 0 Å². The number of hydrogen-bond donors (Lipinski definition) is 0. The molecule has 1 unspecified atom stereocenters. The zero-order valence-electron chi connectivity index (χ0n) is 18.9. The number of nitrogens with zero attached hydrogens (tertiary/aromatic N) is 3.